The molecule has 1 saturated heterocycles. The normalized spacial score (nSPS) is 24.3. The van der Waals surface area contributed by atoms with Gasteiger partial charge >= 0.3 is 5.97 Å². The maximum atomic E-state index is 11.9. The van der Waals surface area contributed by atoms with Crippen molar-refractivity contribution in [2.45, 2.75) is 45.3 Å². The predicted molar refractivity (Wildman–Crippen MR) is 63.0 cm³/mol. The first kappa shape index (κ1) is 12.0. The number of fused-ring (bicyclic) bond motifs is 1. The van der Waals surface area contributed by atoms with E-state index in [1.807, 2.05) is 0 Å². The Hall–Kier alpha value is -1.52. The fraction of sp³-hybridized carbons (Fsp3) is 0.667. The summed E-state index contributed by atoms with van der Waals surface area (Å²) in [6, 6.07) is -0.190. The number of aliphatic hydroxyl groups excluding tert-OH is 1. The summed E-state index contributed by atoms with van der Waals surface area (Å²) in [5, 5.41) is 17.9. The van der Waals surface area contributed by atoms with Crippen molar-refractivity contribution < 1.29 is 14.6 Å². The largest absolute Gasteiger partial charge is 0.509 e. The highest BCUT2D eigenvalue weighted by Crippen LogP contribution is 2.33. The van der Waals surface area contributed by atoms with Gasteiger partial charge in [0.25, 0.3) is 0 Å². The molecule has 2 aliphatic rings. The van der Waals surface area contributed by atoms with Gasteiger partial charge in [-0.15, -0.1) is 0 Å². The fourth-order valence-electron chi connectivity index (χ4n) is 2.28. The SMILES string of the molecule is CC(C)(C)OC(=O)C1=C(O)C2CCCN2C1=N. The Balaban J connectivity index is 2.23. The average molecular weight is 238 g/mol. The van der Waals surface area contributed by atoms with Gasteiger partial charge in [0.15, 0.2) is 0 Å². The highest BCUT2D eigenvalue weighted by atomic mass is 16.6. The van der Waals surface area contributed by atoms with Gasteiger partial charge in [0.1, 0.15) is 22.8 Å². The van der Waals surface area contributed by atoms with E-state index in [9.17, 15) is 9.90 Å². The van der Waals surface area contributed by atoms with Crippen molar-refractivity contribution in [3.8, 4) is 0 Å². The number of nitrogens with zero attached hydrogens (tertiary/aromatic N) is 1. The van der Waals surface area contributed by atoms with Gasteiger partial charge in [-0.3, -0.25) is 5.41 Å². The van der Waals surface area contributed by atoms with Crippen molar-refractivity contribution in [1.82, 2.24) is 4.90 Å². The number of nitrogens with one attached hydrogen (secondary N) is 1. The molecule has 0 saturated carbocycles. The lowest BCUT2D eigenvalue weighted by molar-refractivity contribution is -0.149. The van der Waals surface area contributed by atoms with Crippen LogP contribution in [0, 0.1) is 5.41 Å². The van der Waals surface area contributed by atoms with Crippen molar-refractivity contribution in [1.29, 1.82) is 5.41 Å². The Bertz CT molecular complexity index is 406. The summed E-state index contributed by atoms with van der Waals surface area (Å²) < 4.78 is 5.20. The molecule has 1 unspecified atom stereocenters. The number of carbonyl (C=O) groups excluding carboxylic acids is 1. The lowest BCUT2D eigenvalue weighted by Crippen LogP contribution is -2.32. The number of ether oxygens (including phenoxy) is 1. The Kier molecular flexibility index (Phi) is 2.64. The van der Waals surface area contributed by atoms with Gasteiger partial charge in [-0.25, -0.2) is 4.79 Å². The molecule has 94 valence electrons. The molecule has 0 radical (unpaired) electrons. The lowest BCUT2D eigenvalue weighted by atomic mass is 10.1. The average Bonchev–Trinajstić information content (AvgIpc) is 2.68. The summed E-state index contributed by atoms with van der Waals surface area (Å²) >= 11 is 0. The van der Waals surface area contributed by atoms with Crippen LogP contribution in [0.15, 0.2) is 11.3 Å². The van der Waals surface area contributed by atoms with Crippen molar-refractivity contribution in [2.75, 3.05) is 6.54 Å². The Labute approximate surface area is 101 Å². The second-order valence-electron chi connectivity index (χ2n) is 5.46. The van der Waals surface area contributed by atoms with Crippen LogP contribution in [0.3, 0.4) is 0 Å². The maximum Gasteiger partial charge on any atom is 0.345 e. The number of carbonyl (C=O) groups is 1. The third-order valence-electron chi connectivity index (χ3n) is 2.95. The van der Waals surface area contributed by atoms with Crippen molar-refractivity contribution in [3.63, 3.8) is 0 Å². The zero-order valence-corrected chi connectivity index (χ0v) is 10.4. The predicted octanol–water partition coefficient (Wildman–Crippen LogP) is 1.60. The van der Waals surface area contributed by atoms with Crippen LogP contribution in [-0.4, -0.2) is 40.0 Å². The van der Waals surface area contributed by atoms with Crippen LogP contribution in [0.1, 0.15) is 33.6 Å². The smallest absolute Gasteiger partial charge is 0.345 e. The zero-order chi connectivity index (χ0) is 12.8. The molecule has 0 spiro atoms. The van der Waals surface area contributed by atoms with Crippen LogP contribution in [0.5, 0.6) is 0 Å². The first-order valence-corrected chi connectivity index (χ1v) is 5.83. The molecule has 0 aromatic carbocycles. The van der Waals surface area contributed by atoms with Crippen LogP contribution in [0.2, 0.25) is 0 Å². The van der Waals surface area contributed by atoms with E-state index in [1.54, 1.807) is 25.7 Å². The lowest BCUT2D eigenvalue weighted by Gasteiger charge is -2.20. The van der Waals surface area contributed by atoms with E-state index in [-0.39, 0.29) is 23.2 Å². The van der Waals surface area contributed by atoms with Crippen LogP contribution in [0.25, 0.3) is 0 Å². The quantitative estimate of drug-likeness (QED) is 0.680. The Morgan fingerprint density at radius 1 is 1.53 bits per heavy atom. The summed E-state index contributed by atoms with van der Waals surface area (Å²) in [5.74, 6) is -0.504. The molecular weight excluding hydrogens is 220 g/mol. The molecule has 5 heteroatoms. The number of rotatable bonds is 1. The first-order chi connectivity index (χ1) is 7.81. The molecule has 17 heavy (non-hydrogen) atoms. The van der Waals surface area contributed by atoms with Gasteiger partial charge in [0.2, 0.25) is 0 Å². The highest BCUT2D eigenvalue weighted by Gasteiger charge is 2.43. The molecule has 2 rings (SSSR count). The molecule has 1 fully saturated rings. The summed E-state index contributed by atoms with van der Waals surface area (Å²) in [6.07, 6.45) is 1.74. The molecule has 0 aromatic heterocycles. The molecular formula is C12H18N2O3. The summed E-state index contributed by atoms with van der Waals surface area (Å²) in [7, 11) is 0. The minimum absolute atomic E-state index is 0.00162. The fourth-order valence-corrected chi connectivity index (χ4v) is 2.28. The van der Waals surface area contributed by atoms with E-state index in [2.05, 4.69) is 0 Å². The third kappa shape index (κ3) is 2.01. The van der Waals surface area contributed by atoms with Gasteiger partial charge in [-0.05, 0) is 33.6 Å². The minimum Gasteiger partial charge on any atom is -0.509 e. The third-order valence-corrected chi connectivity index (χ3v) is 2.95. The number of amidine groups is 1. The molecule has 2 aliphatic heterocycles. The molecule has 1 atom stereocenters. The molecule has 5 nitrogen and oxygen atoms in total. The van der Waals surface area contributed by atoms with E-state index in [4.69, 9.17) is 10.1 Å². The molecule has 0 amide bonds. The van der Waals surface area contributed by atoms with Gasteiger partial charge in [-0.1, -0.05) is 0 Å². The van der Waals surface area contributed by atoms with Crippen LogP contribution in [-0.2, 0) is 9.53 Å². The molecule has 0 aromatic rings. The molecule has 0 bridgehead atoms. The van der Waals surface area contributed by atoms with Crippen molar-refractivity contribution in [2.24, 2.45) is 0 Å². The second-order valence-corrected chi connectivity index (χ2v) is 5.46. The van der Waals surface area contributed by atoms with E-state index in [0.29, 0.717) is 0 Å². The first-order valence-electron chi connectivity index (χ1n) is 5.83. The van der Waals surface area contributed by atoms with Crippen LogP contribution in [0.4, 0.5) is 0 Å². The van der Waals surface area contributed by atoms with Crippen LogP contribution >= 0.6 is 0 Å². The zero-order valence-electron chi connectivity index (χ0n) is 10.4. The monoisotopic (exact) mass is 238 g/mol. The molecule has 2 heterocycles. The number of esters is 1. The Morgan fingerprint density at radius 3 is 2.71 bits per heavy atom. The topological polar surface area (TPSA) is 73.6 Å². The van der Waals surface area contributed by atoms with Crippen molar-refractivity contribution in [3.05, 3.63) is 11.3 Å². The van der Waals surface area contributed by atoms with E-state index < -0.39 is 11.6 Å². The summed E-state index contributed by atoms with van der Waals surface area (Å²) in [5.41, 5.74) is -0.581. The summed E-state index contributed by atoms with van der Waals surface area (Å²) in [6.45, 7) is 6.02. The summed E-state index contributed by atoms with van der Waals surface area (Å²) in [4.78, 5) is 13.7. The van der Waals surface area contributed by atoms with Crippen LogP contribution < -0.4 is 0 Å². The maximum absolute atomic E-state index is 11.9. The van der Waals surface area contributed by atoms with Gasteiger partial charge in [-0.2, -0.15) is 0 Å². The van der Waals surface area contributed by atoms with Crippen molar-refractivity contribution >= 4 is 11.8 Å². The van der Waals surface area contributed by atoms with Gasteiger partial charge < -0.3 is 14.7 Å². The number of hydrogen-bond donors (Lipinski definition) is 2. The molecule has 0 aliphatic carbocycles. The number of hydrogen-bond acceptors (Lipinski definition) is 4. The number of aliphatic hydroxyl groups is 1. The van der Waals surface area contributed by atoms with E-state index >= 15 is 0 Å². The van der Waals surface area contributed by atoms with E-state index in [0.717, 1.165) is 19.4 Å². The minimum atomic E-state index is -0.613. The highest BCUT2D eigenvalue weighted by molar-refractivity contribution is 6.20. The second kappa shape index (κ2) is 3.75. The van der Waals surface area contributed by atoms with Gasteiger partial charge in [0.05, 0.1) is 6.04 Å². The standard InChI is InChI=1S/C12H18N2O3/c1-12(2,3)17-11(16)8-9(15)7-5-4-6-14(7)10(8)13/h7,13,15H,4-6H2,1-3H3. The van der Waals surface area contributed by atoms with E-state index in [1.165, 1.54) is 0 Å². The Morgan fingerprint density at radius 2 is 2.18 bits per heavy atom. The van der Waals surface area contributed by atoms with Gasteiger partial charge in [0, 0.05) is 6.54 Å². The molecule has 2 N–H and O–H groups in total.